The van der Waals surface area contributed by atoms with Crippen molar-refractivity contribution in [2.75, 3.05) is 13.7 Å². The van der Waals surface area contributed by atoms with Crippen molar-refractivity contribution in [3.05, 3.63) is 29.8 Å². The molecule has 1 rings (SSSR count). The Kier molecular flexibility index (Phi) is 5.83. The molecule has 1 aromatic carbocycles. The Labute approximate surface area is 113 Å². The molecule has 0 bridgehead atoms. The molecule has 0 saturated carbocycles. The van der Waals surface area contributed by atoms with Crippen LogP contribution in [-0.2, 0) is 9.53 Å². The molecule has 0 radical (unpaired) electrons. The molecule has 5 nitrogen and oxygen atoms in total. The van der Waals surface area contributed by atoms with Gasteiger partial charge in [-0.3, -0.25) is 10.1 Å². The Bertz CT molecular complexity index is 451. The standard InChI is InChI=1S/C14H18N2O3/c1-10(16-11(2)14(17)18-3)12-4-6-13(7-5-12)19-9-8-15/h4-7,10-11,16H,9H2,1-3H3. The van der Waals surface area contributed by atoms with Crippen LogP contribution in [0, 0.1) is 11.3 Å². The van der Waals surface area contributed by atoms with Gasteiger partial charge in [0.15, 0.2) is 6.61 Å². The number of esters is 1. The molecule has 2 unspecified atom stereocenters. The lowest BCUT2D eigenvalue weighted by Crippen LogP contribution is -2.36. The second-order valence-electron chi connectivity index (χ2n) is 4.15. The fourth-order valence-electron chi connectivity index (χ4n) is 1.68. The Hall–Kier alpha value is -2.06. The third-order valence-electron chi connectivity index (χ3n) is 2.74. The molecule has 5 heteroatoms. The van der Waals surface area contributed by atoms with E-state index in [1.165, 1.54) is 7.11 Å². The first-order valence-electron chi connectivity index (χ1n) is 6.02. The minimum atomic E-state index is -0.366. The van der Waals surface area contributed by atoms with Crippen molar-refractivity contribution in [2.24, 2.45) is 0 Å². The van der Waals surface area contributed by atoms with Crippen LogP contribution in [0.25, 0.3) is 0 Å². The fraction of sp³-hybridized carbons (Fsp3) is 0.429. The zero-order valence-electron chi connectivity index (χ0n) is 11.3. The summed E-state index contributed by atoms with van der Waals surface area (Å²) in [5.74, 6) is 0.361. The zero-order chi connectivity index (χ0) is 14.3. The highest BCUT2D eigenvalue weighted by Gasteiger charge is 2.16. The average Bonchev–Trinajstić information content (AvgIpc) is 2.44. The van der Waals surface area contributed by atoms with Crippen molar-refractivity contribution in [1.82, 2.24) is 5.32 Å². The second-order valence-corrected chi connectivity index (χ2v) is 4.15. The maximum Gasteiger partial charge on any atom is 0.322 e. The number of methoxy groups -OCH3 is 1. The molecule has 0 aromatic heterocycles. The van der Waals surface area contributed by atoms with E-state index in [-0.39, 0.29) is 24.7 Å². The van der Waals surface area contributed by atoms with Gasteiger partial charge in [0.1, 0.15) is 17.9 Å². The van der Waals surface area contributed by atoms with Gasteiger partial charge in [-0.2, -0.15) is 5.26 Å². The molecule has 2 atom stereocenters. The van der Waals surface area contributed by atoms with Crippen LogP contribution in [0.5, 0.6) is 5.75 Å². The third-order valence-corrected chi connectivity index (χ3v) is 2.74. The Morgan fingerprint density at radius 3 is 2.53 bits per heavy atom. The average molecular weight is 262 g/mol. The maximum atomic E-state index is 11.3. The number of ether oxygens (including phenoxy) is 2. The molecule has 0 aliphatic rings. The van der Waals surface area contributed by atoms with Crippen LogP contribution in [0.4, 0.5) is 0 Å². The number of nitrogens with zero attached hydrogens (tertiary/aromatic N) is 1. The molecule has 19 heavy (non-hydrogen) atoms. The lowest BCUT2D eigenvalue weighted by atomic mass is 10.1. The van der Waals surface area contributed by atoms with E-state index in [9.17, 15) is 4.79 Å². The van der Waals surface area contributed by atoms with E-state index in [0.717, 1.165) is 5.56 Å². The fourth-order valence-corrected chi connectivity index (χ4v) is 1.68. The number of hydrogen-bond acceptors (Lipinski definition) is 5. The molecule has 0 fully saturated rings. The van der Waals surface area contributed by atoms with Gasteiger partial charge >= 0.3 is 5.97 Å². The van der Waals surface area contributed by atoms with Crippen LogP contribution >= 0.6 is 0 Å². The number of nitrogens with one attached hydrogen (secondary N) is 1. The van der Waals surface area contributed by atoms with E-state index >= 15 is 0 Å². The number of hydrogen-bond donors (Lipinski definition) is 1. The highest BCUT2D eigenvalue weighted by atomic mass is 16.5. The van der Waals surface area contributed by atoms with Crippen LogP contribution in [0.2, 0.25) is 0 Å². The quantitative estimate of drug-likeness (QED) is 0.791. The van der Waals surface area contributed by atoms with Crippen LogP contribution in [-0.4, -0.2) is 25.7 Å². The maximum absolute atomic E-state index is 11.3. The number of rotatable bonds is 6. The van der Waals surface area contributed by atoms with Gasteiger partial charge in [0.05, 0.1) is 7.11 Å². The van der Waals surface area contributed by atoms with Crippen molar-refractivity contribution in [3.8, 4) is 11.8 Å². The Morgan fingerprint density at radius 1 is 1.37 bits per heavy atom. The lowest BCUT2D eigenvalue weighted by molar-refractivity contribution is -0.142. The molecule has 1 aromatic rings. The summed E-state index contributed by atoms with van der Waals surface area (Å²) in [6, 6.07) is 8.95. The molecule has 102 valence electrons. The predicted molar refractivity (Wildman–Crippen MR) is 70.6 cm³/mol. The summed E-state index contributed by atoms with van der Waals surface area (Å²) in [6.45, 7) is 3.75. The first-order valence-corrected chi connectivity index (χ1v) is 6.02. The van der Waals surface area contributed by atoms with Gasteiger partial charge < -0.3 is 9.47 Å². The monoisotopic (exact) mass is 262 g/mol. The van der Waals surface area contributed by atoms with Gasteiger partial charge in [-0.25, -0.2) is 0 Å². The van der Waals surface area contributed by atoms with Crippen molar-refractivity contribution in [1.29, 1.82) is 5.26 Å². The largest absolute Gasteiger partial charge is 0.479 e. The summed E-state index contributed by atoms with van der Waals surface area (Å²) in [6.07, 6.45) is 0. The highest BCUT2D eigenvalue weighted by Crippen LogP contribution is 2.18. The molecule has 1 N–H and O–H groups in total. The van der Waals surface area contributed by atoms with E-state index in [4.69, 9.17) is 10.00 Å². The summed E-state index contributed by atoms with van der Waals surface area (Å²) in [5, 5.41) is 11.6. The van der Waals surface area contributed by atoms with Crippen molar-refractivity contribution in [2.45, 2.75) is 25.9 Å². The van der Waals surface area contributed by atoms with Crippen LogP contribution in [0.15, 0.2) is 24.3 Å². The van der Waals surface area contributed by atoms with E-state index in [1.807, 2.05) is 25.1 Å². The van der Waals surface area contributed by atoms with Gasteiger partial charge in [0.25, 0.3) is 0 Å². The number of benzene rings is 1. The van der Waals surface area contributed by atoms with E-state index < -0.39 is 0 Å². The van der Waals surface area contributed by atoms with Crippen molar-refractivity contribution in [3.63, 3.8) is 0 Å². The van der Waals surface area contributed by atoms with Gasteiger partial charge in [-0.05, 0) is 31.5 Å². The molecule has 0 aliphatic heterocycles. The highest BCUT2D eigenvalue weighted by molar-refractivity contribution is 5.75. The van der Waals surface area contributed by atoms with Crippen LogP contribution < -0.4 is 10.1 Å². The van der Waals surface area contributed by atoms with Crippen molar-refractivity contribution < 1.29 is 14.3 Å². The van der Waals surface area contributed by atoms with Crippen LogP contribution in [0.3, 0.4) is 0 Å². The SMILES string of the molecule is COC(=O)C(C)NC(C)c1ccc(OCC#N)cc1. The Balaban J connectivity index is 2.60. The van der Waals surface area contributed by atoms with Crippen LogP contribution in [0.1, 0.15) is 25.5 Å². The summed E-state index contributed by atoms with van der Waals surface area (Å²) in [7, 11) is 1.37. The molecule has 0 heterocycles. The van der Waals surface area contributed by atoms with E-state index in [0.29, 0.717) is 5.75 Å². The molecule has 0 saturated heterocycles. The van der Waals surface area contributed by atoms with Gasteiger partial charge in [-0.15, -0.1) is 0 Å². The number of carbonyl (C=O) groups excluding carboxylic acids is 1. The molecule has 0 amide bonds. The smallest absolute Gasteiger partial charge is 0.322 e. The summed E-state index contributed by atoms with van der Waals surface area (Å²) < 4.78 is 9.83. The second kappa shape index (κ2) is 7.39. The van der Waals surface area contributed by atoms with Crippen molar-refractivity contribution >= 4 is 5.97 Å². The van der Waals surface area contributed by atoms with E-state index in [1.54, 1.807) is 19.1 Å². The topological polar surface area (TPSA) is 71.3 Å². The zero-order valence-corrected chi connectivity index (χ0v) is 11.3. The molecular weight excluding hydrogens is 244 g/mol. The molecule has 0 spiro atoms. The summed E-state index contributed by atoms with van der Waals surface area (Å²) in [4.78, 5) is 11.3. The first kappa shape index (κ1) is 15.0. The first-order chi connectivity index (χ1) is 9.08. The summed E-state index contributed by atoms with van der Waals surface area (Å²) >= 11 is 0. The Morgan fingerprint density at radius 2 is 2.00 bits per heavy atom. The number of nitriles is 1. The minimum Gasteiger partial charge on any atom is -0.479 e. The molecular formula is C14H18N2O3. The summed E-state index contributed by atoms with van der Waals surface area (Å²) in [5.41, 5.74) is 1.03. The third kappa shape index (κ3) is 4.60. The van der Waals surface area contributed by atoms with Gasteiger partial charge in [0, 0.05) is 6.04 Å². The molecule has 0 aliphatic carbocycles. The number of carbonyl (C=O) groups is 1. The normalized spacial score (nSPS) is 13.2. The lowest BCUT2D eigenvalue weighted by Gasteiger charge is -2.18. The van der Waals surface area contributed by atoms with Gasteiger partial charge in [-0.1, -0.05) is 12.1 Å². The minimum absolute atomic E-state index is 0.0131. The van der Waals surface area contributed by atoms with Gasteiger partial charge in [0.2, 0.25) is 0 Å². The van der Waals surface area contributed by atoms with E-state index in [2.05, 4.69) is 10.1 Å². The predicted octanol–water partition coefficient (Wildman–Crippen LogP) is 1.80.